The summed E-state index contributed by atoms with van der Waals surface area (Å²) in [7, 11) is 0. The SMILES string of the molecule is CCCCCCCCCCCCCCCCCC(=O)N[C@H](C(=O)N[C@@H](C)C(=O)N[C@@H](CCC(N)=O)C(=O)N[C@@H](CCC(=O)O)C(=O)N[C@@H](CC(C)C)C(=O)N[C@@H](CCCN=C(N)N)C(=O)NC(CCCN=C(N)N)C(=O)N[C@H](C(=O)NCC(=O)N[C@@H](CC(=O)O)C(=O)N[C@@H](CCC(=O)O)C(=O)N[C@@H](Cc1ccccc1)C(=O)O)[C@@H](C)CC)[C@@H](C)CC. The predicted molar refractivity (Wildman–Crippen MR) is 450 cm³/mol. The first-order valence-electron chi connectivity index (χ1n) is 42.1. The van der Waals surface area contributed by atoms with Gasteiger partial charge < -0.3 is 113 Å². The van der Waals surface area contributed by atoms with Gasteiger partial charge in [-0.1, -0.05) is 182 Å². The lowest BCUT2D eigenvalue weighted by atomic mass is 9.97. The summed E-state index contributed by atoms with van der Waals surface area (Å²) in [6, 6.07) is -9.35. The highest BCUT2D eigenvalue weighted by atomic mass is 16.4. The van der Waals surface area contributed by atoms with Gasteiger partial charge in [0.15, 0.2) is 11.9 Å². The van der Waals surface area contributed by atoms with Crippen molar-refractivity contribution < 1.29 is 102 Å². The molecule has 0 spiro atoms. The molecule has 0 bridgehead atoms. The summed E-state index contributed by atoms with van der Waals surface area (Å²) in [5, 5.41) is 68.4. The molecule has 1 rings (SSSR count). The molecule has 682 valence electrons. The van der Waals surface area contributed by atoms with Gasteiger partial charge in [0.25, 0.3) is 0 Å². The van der Waals surface area contributed by atoms with E-state index < -0.39 is 225 Å². The Kier molecular flexibility index (Phi) is 54.4. The lowest BCUT2D eigenvalue weighted by Gasteiger charge is -2.29. The van der Waals surface area contributed by atoms with E-state index >= 15 is 0 Å². The topological polar surface area (TPSA) is 670 Å². The Hall–Kier alpha value is -11.3. The molecule has 26 N–H and O–H groups in total. The van der Waals surface area contributed by atoms with E-state index in [0.717, 1.165) is 25.7 Å². The van der Waals surface area contributed by atoms with Gasteiger partial charge in [0.1, 0.15) is 66.5 Å². The molecule has 0 saturated heterocycles. The molecule has 0 aliphatic carbocycles. The van der Waals surface area contributed by atoms with E-state index in [1.807, 2.05) is 6.92 Å². The van der Waals surface area contributed by atoms with Crippen LogP contribution in [0.25, 0.3) is 0 Å². The van der Waals surface area contributed by atoms with Crippen LogP contribution in [0.15, 0.2) is 40.3 Å². The second-order valence-corrected chi connectivity index (χ2v) is 31.0. The molecule has 13 atom stereocenters. The Labute approximate surface area is 708 Å². The van der Waals surface area contributed by atoms with Crippen LogP contribution >= 0.6 is 0 Å². The molecule has 1 aromatic rings. The van der Waals surface area contributed by atoms with E-state index in [1.165, 1.54) is 71.1 Å². The number of aliphatic imine (C=N–C) groups is 2. The van der Waals surface area contributed by atoms with Crippen LogP contribution < -0.4 is 92.5 Å². The zero-order valence-electron chi connectivity index (χ0n) is 71.5. The number of unbranched alkanes of at least 4 members (excludes halogenated alkanes) is 14. The summed E-state index contributed by atoms with van der Waals surface area (Å²) in [6.07, 6.45) is 12.4. The fourth-order valence-corrected chi connectivity index (χ4v) is 12.7. The highest BCUT2D eigenvalue weighted by molar-refractivity contribution is 6.00. The third-order valence-electron chi connectivity index (χ3n) is 20.1. The van der Waals surface area contributed by atoms with Crippen LogP contribution in [0.1, 0.15) is 254 Å². The Bertz CT molecular complexity index is 3540. The normalized spacial score (nSPS) is 14.3. The minimum absolute atomic E-state index is 0.0104. The molecule has 0 aliphatic heterocycles. The van der Waals surface area contributed by atoms with Gasteiger partial charge in [0, 0.05) is 45.2 Å². The number of nitrogens with zero attached hydrogens (tertiary/aromatic N) is 2. The number of benzene rings is 1. The summed E-state index contributed by atoms with van der Waals surface area (Å²) < 4.78 is 0. The second-order valence-electron chi connectivity index (χ2n) is 31.0. The number of carbonyl (C=O) groups excluding carboxylic acids is 13. The lowest BCUT2D eigenvalue weighted by Crippen LogP contribution is -2.60. The second kappa shape index (κ2) is 61.1. The number of rotatable bonds is 67. The summed E-state index contributed by atoms with van der Waals surface area (Å²) in [6.45, 7) is 12.5. The zero-order chi connectivity index (χ0) is 91.1. The van der Waals surface area contributed by atoms with Crippen molar-refractivity contribution in [2.45, 2.75) is 321 Å². The van der Waals surface area contributed by atoms with E-state index in [-0.39, 0.29) is 88.2 Å². The van der Waals surface area contributed by atoms with Crippen LogP contribution in [0.4, 0.5) is 0 Å². The van der Waals surface area contributed by atoms with E-state index in [1.54, 1.807) is 65.0 Å². The summed E-state index contributed by atoms with van der Waals surface area (Å²) in [4.78, 5) is 237. The van der Waals surface area contributed by atoms with Crippen molar-refractivity contribution in [1.29, 1.82) is 0 Å². The average Bonchev–Trinajstić information content (AvgIpc) is 0.860. The minimum Gasteiger partial charge on any atom is -0.481 e. The molecular weight excluding hydrogens is 1580 g/mol. The quantitative estimate of drug-likeness (QED) is 0.0243. The van der Waals surface area contributed by atoms with Gasteiger partial charge in [0.05, 0.1) is 13.0 Å². The first kappa shape index (κ1) is 108. The molecule has 0 aliphatic rings. The monoisotopic (exact) mass is 1710 g/mol. The predicted octanol–water partition coefficient (Wildman–Crippen LogP) is 0.759. The maximum Gasteiger partial charge on any atom is 0.326 e. The third-order valence-corrected chi connectivity index (χ3v) is 20.1. The molecule has 40 nitrogen and oxygen atoms in total. The molecule has 40 heteroatoms. The zero-order valence-corrected chi connectivity index (χ0v) is 71.5. The van der Waals surface area contributed by atoms with Crippen LogP contribution in [0.5, 0.6) is 0 Å². The molecular formula is C81H137N19O21. The number of carboxylic acid groups (broad SMARTS) is 4. The van der Waals surface area contributed by atoms with E-state index in [0.29, 0.717) is 18.4 Å². The number of carboxylic acids is 4. The maximum atomic E-state index is 14.7. The summed E-state index contributed by atoms with van der Waals surface area (Å²) in [5.41, 5.74) is 28.3. The maximum absolute atomic E-state index is 14.7. The number of aliphatic carboxylic acids is 4. The van der Waals surface area contributed by atoms with Gasteiger partial charge in [-0.2, -0.15) is 0 Å². The third kappa shape index (κ3) is 48.6. The van der Waals surface area contributed by atoms with Crippen LogP contribution in [0, 0.1) is 17.8 Å². The van der Waals surface area contributed by atoms with E-state index in [2.05, 4.69) is 80.7 Å². The first-order valence-corrected chi connectivity index (χ1v) is 42.1. The van der Waals surface area contributed by atoms with Crippen LogP contribution in [0.2, 0.25) is 0 Å². The lowest BCUT2D eigenvalue weighted by molar-refractivity contribution is -0.143. The van der Waals surface area contributed by atoms with Crippen molar-refractivity contribution in [2.24, 2.45) is 56.4 Å². The Morgan fingerprint density at radius 2 is 0.736 bits per heavy atom. The Morgan fingerprint density at radius 3 is 1.14 bits per heavy atom. The van der Waals surface area contributed by atoms with Gasteiger partial charge in [0.2, 0.25) is 76.8 Å². The number of primary amides is 1. The summed E-state index contributed by atoms with van der Waals surface area (Å²) in [5.74, 6) is -21.0. The van der Waals surface area contributed by atoms with Crippen molar-refractivity contribution in [2.75, 3.05) is 19.6 Å². The molecule has 0 fully saturated rings. The number of amides is 13. The van der Waals surface area contributed by atoms with Crippen molar-refractivity contribution in [3.63, 3.8) is 0 Å². The fourth-order valence-electron chi connectivity index (χ4n) is 12.7. The van der Waals surface area contributed by atoms with Gasteiger partial charge in [-0.15, -0.1) is 0 Å². The highest BCUT2D eigenvalue weighted by Gasteiger charge is 2.38. The smallest absolute Gasteiger partial charge is 0.326 e. The van der Waals surface area contributed by atoms with Gasteiger partial charge in [-0.05, 0) is 88.0 Å². The minimum atomic E-state index is -1.99. The standard InChI is InChI=1S/C81H137N19O21/c1-9-12-13-14-15-16-17-18-19-20-21-22-23-24-28-35-62(102)99-68(50(7)11-3)78(119)90-51(8)69(110)92-55(36-39-61(82)101)71(112)95-56(37-40-64(104)105)72(113)97-58(44-48(4)5)75(116)94-53(33-29-42-87-80(83)84)70(111)93-54(34-30-43-88-81(85)86)74(115)100-67(49(6)10-2)77(118)89-47-63(103)91-59(46-66(108)109)76(117)96-57(38-41-65(106)107)73(114)98-60(79(120)121)45-52-31-26-25-27-32-52/h25-27,31-32,48-51,53-60,67-68H,9-24,28-30,33-47H2,1-8H3,(H2,82,101)(H,89,118)(H,90,119)(H,91,103)(H,92,110)(H,93,111)(H,94,116)(H,95,112)(H,96,117)(H,97,113)(H,98,114)(H,99,102)(H,100,115)(H,104,105)(H,106,107)(H,108,109)(H,120,121)(H4,83,84,87)(H4,85,86,88)/t49-,50-,51-,53-,54?,55-,56-,57-,58-,59-,60-,67-,68-/m0/s1. The molecule has 1 aromatic carbocycles. The van der Waals surface area contributed by atoms with Crippen molar-refractivity contribution in [3.8, 4) is 0 Å². The molecule has 0 aromatic heterocycles. The number of nitrogens with one attached hydrogen (secondary N) is 12. The van der Waals surface area contributed by atoms with E-state index in [9.17, 15) is 102 Å². The van der Waals surface area contributed by atoms with Crippen LogP contribution in [-0.2, 0) is 87.9 Å². The van der Waals surface area contributed by atoms with Gasteiger partial charge in [-0.25, -0.2) is 4.79 Å². The van der Waals surface area contributed by atoms with Crippen LogP contribution in [0.3, 0.4) is 0 Å². The molecule has 1 unspecified atom stereocenters. The molecule has 0 saturated carbocycles. The molecule has 121 heavy (non-hydrogen) atoms. The highest BCUT2D eigenvalue weighted by Crippen LogP contribution is 2.18. The number of carbonyl (C=O) groups is 17. The van der Waals surface area contributed by atoms with Crippen LogP contribution in [-0.4, -0.2) is 219 Å². The Balaban J connectivity index is 3.53. The van der Waals surface area contributed by atoms with Gasteiger partial charge >= 0.3 is 23.9 Å². The molecule has 0 heterocycles. The number of hydrogen-bond acceptors (Lipinski definition) is 19. The van der Waals surface area contributed by atoms with Crippen molar-refractivity contribution in [3.05, 3.63) is 35.9 Å². The van der Waals surface area contributed by atoms with Gasteiger partial charge in [-0.3, -0.25) is 86.7 Å². The Morgan fingerprint density at radius 1 is 0.355 bits per heavy atom. The average molecular weight is 1710 g/mol. The number of hydrogen-bond donors (Lipinski definition) is 21. The molecule has 13 amide bonds. The number of guanidine groups is 2. The first-order chi connectivity index (χ1) is 57.2. The number of nitrogens with two attached hydrogens (primary N) is 5. The summed E-state index contributed by atoms with van der Waals surface area (Å²) >= 11 is 0. The van der Waals surface area contributed by atoms with E-state index in [4.69, 9.17) is 28.7 Å². The largest absolute Gasteiger partial charge is 0.481 e. The van der Waals surface area contributed by atoms with Crippen molar-refractivity contribution in [1.82, 2.24) is 63.8 Å². The fraction of sp³-hybridized carbons (Fsp3) is 0.691. The van der Waals surface area contributed by atoms with Crippen molar-refractivity contribution >= 4 is 113 Å². The molecule has 0 radical (unpaired) electrons.